The molecule has 0 spiro atoms. The zero-order chi connectivity index (χ0) is 12.4. The molecule has 2 aromatic heterocycles. The molecule has 0 amide bonds. The molecule has 0 fully saturated rings. The fourth-order valence-electron chi connectivity index (χ4n) is 1.27. The third-order valence-corrected chi connectivity index (χ3v) is 2.57. The molecule has 2 rings (SSSR count). The summed E-state index contributed by atoms with van der Waals surface area (Å²) in [5, 5.41) is 0. The first-order valence-corrected chi connectivity index (χ1v) is 5.61. The molecule has 0 aliphatic heterocycles. The highest BCUT2D eigenvalue weighted by atomic mass is 79.9. The second kappa shape index (κ2) is 4.58. The Morgan fingerprint density at radius 2 is 2.24 bits per heavy atom. The van der Waals surface area contributed by atoms with Crippen LogP contribution in [0.1, 0.15) is 0 Å². The Morgan fingerprint density at radius 3 is 2.94 bits per heavy atom. The van der Waals surface area contributed by atoms with Crippen molar-refractivity contribution in [3.63, 3.8) is 0 Å². The molecule has 2 aromatic rings. The zero-order valence-electron chi connectivity index (χ0n) is 9.05. The van der Waals surface area contributed by atoms with E-state index in [0.717, 1.165) is 4.47 Å². The second-order valence-corrected chi connectivity index (χ2v) is 4.37. The van der Waals surface area contributed by atoms with Gasteiger partial charge in [0.25, 0.3) is 5.56 Å². The summed E-state index contributed by atoms with van der Waals surface area (Å²) in [5.41, 5.74) is 5.58. The van der Waals surface area contributed by atoms with Gasteiger partial charge < -0.3 is 15.0 Å². The molecule has 0 bridgehead atoms. The SMILES string of the molecule is Cn1cc(Oc2cc(Br)cnc2N)ccc1=O. The van der Waals surface area contributed by atoms with Crippen LogP contribution in [0, 0.1) is 0 Å². The van der Waals surface area contributed by atoms with E-state index in [4.69, 9.17) is 10.5 Å². The highest BCUT2D eigenvalue weighted by Gasteiger charge is 2.05. The summed E-state index contributed by atoms with van der Waals surface area (Å²) in [6, 6.07) is 4.73. The second-order valence-electron chi connectivity index (χ2n) is 3.45. The lowest BCUT2D eigenvalue weighted by molar-refractivity contribution is 0.476. The molecule has 5 nitrogen and oxygen atoms in total. The lowest BCUT2D eigenvalue weighted by Crippen LogP contribution is -2.13. The summed E-state index contributed by atoms with van der Waals surface area (Å²) >= 11 is 3.28. The molecule has 2 heterocycles. The van der Waals surface area contributed by atoms with Crippen LogP contribution in [0.25, 0.3) is 0 Å². The lowest BCUT2D eigenvalue weighted by Gasteiger charge is -2.08. The summed E-state index contributed by atoms with van der Waals surface area (Å²) in [7, 11) is 1.65. The van der Waals surface area contributed by atoms with Gasteiger partial charge in [-0.1, -0.05) is 0 Å². The molecular weight excluding hydrogens is 286 g/mol. The molecule has 0 saturated carbocycles. The number of rotatable bonds is 2. The summed E-state index contributed by atoms with van der Waals surface area (Å²) in [6.07, 6.45) is 3.17. The fourth-order valence-corrected chi connectivity index (χ4v) is 1.58. The van der Waals surface area contributed by atoms with Gasteiger partial charge in [0.1, 0.15) is 5.75 Å². The fraction of sp³-hybridized carbons (Fsp3) is 0.0909. The average molecular weight is 296 g/mol. The normalized spacial score (nSPS) is 10.2. The van der Waals surface area contributed by atoms with Crippen molar-refractivity contribution in [3.05, 3.63) is 45.4 Å². The van der Waals surface area contributed by atoms with Crippen LogP contribution in [-0.4, -0.2) is 9.55 Å². The van der Waals surface area contributed by atoms with E-state index in [2.05, 4.69) is 20.9 Å². The minimum Gasteiger partial charge on any atom is -0.452 e. The number of ether oxygens (including phenoxy) is 1. The molecular formula is C11H10BrN3O2. The van der Waals surface area contributed by atoms with E-state index < -0.39 is 0 Å². The molecule has 2 N–H and O–H groups in total. The number of aromatic nitrogens is 2. The number of anilines is 1. The number of aryl methyl sites for hydroxylation is 1. The van der Waals surface area contributed by atoms with Crippen molar-refractivity contribution in [1.29, 1.82) is 0 Å². The van der Waals surface area contributed by atoms with Crippen LogP contribution in [0.2, 0.25) is 0 Å². The molecule has 0 aromatic carbocycles. The smallest absolute Gasteiger partial charge is 0.250 e. The maximum atomic E-state index is 11.2. The van der Waals surface area contributed by atoms with E-state index in [1.54, 1.807) is 31.6 Å². The van der Waals surface area contributed by atoms with Crippen LogP contribution in [-0.2, 0) is 7.05 Å². The van der Waals surface area contributed by atoms with Crippen molar-refractivity contribution in [2.24, 2.45) is 7.05 Å². The van der Waals surface area contributed by atoms with Crippen molar-refractivity contribution < 1.29 is 4.74 Å². The van der Waals surface area contributed by atoms with Gasteiger partial charge in [-0.3, -0.25) is 4.79 Å². The maximum Gasteiger partial charge on any atom is 0.250 e. The number of nitrogens with zero attached hydrogens (tertiary/aromatic N) is 2. The minimum atomic E-state index is -0.0994. The molecule has 0 atom stereocenters. The highest BCUT2D eigenvalue weighted by Crippen LogP contribution is 2.27. The van der Waals surface area contributed by atoms with Gasteiger partial charge in [-0.2, -0.15) is 0 Å². The van der Waals surface area contributed by atoms with Gasteiger partial charge in [-0.25, -0.2) is 4.98 Å². The molecule has 17 heavy (non-hydrogen) atoms. The third kappa shape index (κ3) is 2.65. The Bertz CT molecular complexity index is 610. The average Bonchev–Trinajstić information content (AvgIpc) is 2.29. The van der Waals surface area contributed by atoms with Crippen LogP contribution in [0.4, 0.5) is 5.82 Å². The predicted octanol–water partition coefficient (Wildman–Crippen LogP) is 1.92. The van der Waals surface area contributed by atoms with E-state index >= 15 is 0 Å². The van der Waals surface area contributed by atoms with Crippen LogP contribution in [0.3, 0.4) is 0 Å². The van der Waals surface area contributed by atoms with Crippen LogP contribution in [0.15, 0.2) is 39.9 Å². The van der Waals surface area contributed by atoms with Crippen molar-refractivity contribution >= 4 is 21.7 Å². The summed E-state index contributed by atoms with van der Waals surface area (Å²) in [5.74, 6) is 1.26. The standard InChI is InChI=1S/C11H10BrN3O2/c1-15-6-8(2-3-10(15)16)17-9-4-7(12)5-14-11(9)13/h2-6H,1H3,(H2,13,14). The number of halogens is 1. The topological polar surface area (TPSA) is 70.1 Å². The maximum absolute atomic E-state index is 11.2. The Kier molecular flexibility index (Phi) is 3.14. The Hall–Kier alpha value is -1.82. The molecule has 6 heteroatoms. The minimum absolute atomic E-state index is 0.0994. The Labute approximate surface area is 106 Å². The van der Waals surface area contributed by atoms with E-state index in [1.807, 2.05) is 0 Å². The molecule has 0 aliphatic carbocycles. The third-order valence-electron chi connectivity index (χ3n) is 2.13. The number of nitrogen functional groups attached to an aromatic ring is 1. The first-order valence-electron chi connectivity index (χ1n) is 4.82. The van der Waals surface area contributed by atoms with E-state index in [-0.39, 0.29) is 5.56 Å². The lowest BCUT2D eigenvalue weighted by atomic mass is 10.4. The van der Waals surface area contributed by atoms with Gasteiger partial charge in [0, 0.05) is 36.0 Å². The number of hydrogen-bond acceptors (Lipinski definition) is 4. The zero-order valence-corrected chi connectivity index (χ0v) is 10.6. The van der Waals surface area contributed by atoms with Crippen LogP contribution >= 0.6 is 15.9 Å². The molecule has 0 unspecified atom stereocenters. The highest BCUT2D eigenvalue weighted by molar-refractivity contribution is 9.10. The van der Waals surface area contributed by atoms with Gasteiger partial charge in [-0.05, 0) is 22.0 Å². The largest absolute Gasteiger partial charge is 0.452 e. The number of hydrogen-bond donors (Lipinski definition) is 1. The van der Waals surface area contributed by atoms with Gasteiger partial charge in [-0.15, -0.1) is 0 Å². The van der Waals surface area contributed by atoms with E-state index in [9.17, 15) is 4.79 Å². The van der Waals surface area contributed by atoms with E-state index in [1.165, 1.54) is 10.6 Å². The van der Waals surface area contributed by atoms with Crippen molar-refractivity contribution in [3.8, 4) is 11.5 Å². The quantitative estimate of drug-likeness (QED) is 0.919. The molecule has 0 saturated heterocycles. The first-order chi connectivity index (χ1) is 8.06. The van der Waals surface area contributed by atoms with Crippen molar-refractivity contribution in [1.82, 2.24) is 9.55 Å². The van der Waals surface area contributed by atoms with Crippen molar-refractivity contribution in [2.75, 3.05) is 5.73 Å². The first kappa shape index (κ1) is 11.7. The summed E-state index contributed by atoms with van der Waals surface area (Å²) in [4.78, 5) is 15.2. The van der Waals surface area contributed by atoms with Crippen molar-refractivity contribution in [2.45, 2.75) is 0 Å². The van der Waals surface area contributed by atoms with Crippen LogP contribution in [0.5, 0.6) is 11.5 Å². The summed E-state index contributed by atoms with van der Waals surface area (Å²) in [6.45, 7) is 0. The molecule has 0 aliphatic rings. The van der Waals surface area contributed by atoms with Crippen LogP contribution < -0.4 is 16.0 Å². The van der Waals surface area contributed by atoms with Gasteiger partial charge in [0.15, 0.2) is 11.6 Å². The van der Waals surface area contributed by atoms with Gasteiger partial charge in [0.05, 0.1) is 0 Å². The number of nitrogens with two attached hydrogens (primary N) is 1. The monoisotopic (exact) mass is 295 g/mol. The molecule has 88 valence electrons. The Morgan fingerprint density at radius 1 is 1.47 bits per heavy atom. The van der Waals surface area contributed by atoms with E-state index in [0.29, 0.717) is 17.3 Å². The number of pyridine rings is 2. The van der Waals surface area contributed by atoms with Gasteiger partial charge >= 0.3 is 0 Å². The van der Waals surface area contributed by atoms with Gasteiger partial charge in [0.2, 0.25) is 0 Å². The Balaban J connectivity index is 2.34. The summed E-state index contributed by atoms with van der Waals surface area (Å²) < 4.78 is 7.75. The predicted molar refractivity (Wildman–Crippen MR) is 68.1 cm³/mol. The molecule has 0 radical (unpaired) electrons.